The molecule has 1 fully saturated rings. The van der Waals surface area contributed by atoms with Crippen LogP contribution in [-0.4, -0.2) is 54.3 Å². The van der Waals surface area contributed by atoms with Crippen molar-refractivity contribution in [1.82, 2.24) is 9.88 Å². The van der Waals surface area contributed by atoms with Crippen LogP contribution >= 0.6 is 0 Å². The highest BCUT2D eigenvalue weighted by atomic mass is 19.4. The maximum atomic E-state index is 12.0. The summed E-state index contributed by atoms with van der Waals surface area (Å²) in [6, 6.07) is 3.34. The zero-order valence-corrected chi connectivity index (χ0v) is 10.8. The van der Waals surface area contributed by atoms with Gasteiger partial charge in [-0.1, -0.05) is 0 Å². The lowest BCUT2D eigenvalue weighted by Gasteiger charge is -2.33. The maximum absolute atomic E-state index is 12.0. The van der Waals surface area contributed by atoms with E-state index in [2.05, 4.69) is 9.72 Å². The molecule has 21 heavy (non-hydrogen) atoms. The number of carbonyl (C=O) groups is 2. The normalized spacial score (nSPS) is 16.0. The summed E-state index contributed by atoms with van der Waals surface area (Å²) in [6.07, 6.45) is -2.68. The quantitative estimate of drug-likeness (QED) is 0.829. The Balaban J connectivity index is 1.92. The first kappa shape index (κ1) is 15.1. The molecular weight excluding hydrogens is 291 g/mol. The van der Waals surface area contributed by atoms with Crippen molar-refractivity contribution < 1.29 is 27.5 Å². The van der Waals surface area contributed by atoms with E-state index in [9.17, 15) is 22.8 Å². The van der Waals surface area contributed by atoms with Crippen LogP contribution in [-0.2, 0) is 9.53 Å². The van der Waals surface area contributed by atoms with Gasteiger partial charge in [-0.3, -0.25) is 14.7 Å². The molecule has 6 nitrogen and oxygen atoms in total. The maximum Gasteiger partial charge on any atom is 0.422 e. The van der Waals surface area contributed by atoms with Gasteiger partial charge in [0.2, 0.25) is 5.91 Å². The van der Waals surface area contributed by atoms with Crippen LogP contribution in [0, 0.1) is 0 Å². The lowest BCUT2D eigenvalue weighted by molar-refractivity contribution is -0.162. The smallest absolute Gasteiger partial charge is 0.422 e. The number of aromatic nitrogens is 1. The molecular formula is C12H12F3N3O3. The van der Waals surface area contributed by atoms with Gasteiger partial charge in [-0.05, 0) is 12.1 Å². The summed E-state index contributed by atoms with van der Waals surface area (Å²) < 4.78 is 40.0. The number of amides is 2. The molecule has 2 heterocycles. The highest BCUT2D eigenvalue weighted by Crippen LogP contribution is 2.18. The number of hydrogen-bond donors (Lipinski definition) is 0. The van der Waals surface area contributed by atoms with Crippen LogP contribution in [0.25, 0.3) is 0 Å². The fraction of sp³-hybridized carbons (Fsp3) is 0.417. The predicted molar refractivity (Wildman–Crippen MR) is 65.6 cm³/mol. The Labute approximate surface area is 118 Å². The second-order valence-electron chi connectivity index (χ2n) is 4.35. The second kappa shape index (κ2) is 5.98. The summed E-state index contributed by atoms with van der Waals surface area (Å²) in [6.45, 7) is -1.72. The molecule has 1 aromatic rings. The Morgan fingerprint density at radius 3 is 2.71 bits per heavy atom. The van der Waals surface area contributed by atoms with E-state index in [0.717, 1.165) is 4.90 Å². The fourth-order valence-corrected chi connectivity index (χ4v) is 1.85. The van der Waals surface area contributed by atoms with E-state index in [1.165, 1.54) is 11.1 Å². The van der Waals surface area contributed by atoms with Crippen molar-refractivity contribution in [1.29, 1.82) is 0 Å². The van der Waals surface area contributed by atoms with Crippen LogP contribution < -0.4 is 4.90 Å². The first-order valence-corrected chi connectivity index (χ1v) is 6.06. The van der Waals surface area contributed by atoms with Crippen molar-refractivity contribution in [3.05, 3.63) is 24.5 Å². The van der Waals surface area contributed by atoms with Gasteiger partial charge in [0.15, 0.2) is 6.61 Å². The van der Waals surface area contributed by atoms with Crippen LogP contribution in [0.1, 0.15) is 0 Å². The molecule has 2 amide bonds. The summed E-state index contributed by atoms with van der Waals surface area (Å²) in [5.41, 5.74) is 0.575. The Morgan fingerprint density at radius 2 is 2.14 bits per heavy atom. The standard InChI is InChI=1S/C12H12F3N3O3/c13-12(14,15)8-21-11(20)17-4-5-18(10(19)7-17)9-2-1-3-16-6-9/h1-3,6H,4-5,7-8H2. The Bertz CT molecular complexity index is 521. The van der Waals surface area contributed by atoms with Crippen LogP contribution in [0.5, 0.6) is 0 Å². The molecule has 1 aliphatic rings. The van der Waals surface area contributed by atoms with Crippen molar-refractivity contribution in [3.8, 4) is 0 Å². The van der Waals surface area contributed by atoms with Crippen molar-refractivity contribution in [2.24, 2.45) is 0 Å². The monoisotopic (exact) mass is 303 g/mol. The van der Waals surface area contributed by atoms with Gasteiger partial charge in [-0.25, -0.2) is 4.79 Å². The average Bonchev–Trinajstić information content (AvgIpc) is 2.45. The minimum Gasteiger partial charge on any atom is -0.440 e. The third-order valence-corrected chi connectivity index (χ3v) is 2.80. The molecule has 1 aromatic heterocycles. The SMILES string of the molecule is O=C(OCC(F)(F)F)N1CCN(c2cccnc2)C(=O)C1. The zero-order chi connectivity index (χ0) is 15.5. The topological polar surface area (TPSA) is 62.7 Å². The number of ether oxygens (including phenoxy) is 1. The summed E-state index contributed by atoms with van der Waals surface area (Å²) >= 11 is 0. The van der Waals surface area contributed by atoms with Gasteiger partial charge >= 0.3 is 12.3 Å². The Morgan fingerprint density at radius 1 is 1.38 bits per heavy atom. The number of piperazine rings is 1. The zero-order valence-electron chi connectivity index (χ0n) is 10.8. The molecule has 0 atom stereocenters. The minimum absolute atomic E-state index is 0.0946. The Hall–Kier alpha value is -2.32. The second-order valence-corrected chi connectivity index (χ2v) is 4.35. The van der Waals surface area contributed by atoms with Gasteiger partial charge in [0, 0.05) is 19.3 Å². The molecule has 0 saturated carbocycles. The fourth-order valence-electron chi connectivity index (χ4n) is 1.85. The van der Waals surface area contributed by atoms with Crippen molar-refractivity contribution in [2.75, 3.05) is 31.1 Å². The first-order chi connectivity index (χ1) is 9.87. The molecule has 0 spiro atoms. The third-order valence-electron chi connectivity index (χ3n) is 2.80. The molecule has 0 N–H and O–H groups in total. The molecule has 1 aliphatic heterocycles. The van der Waals surface area contributed by atoms with E-state index >= 15 is 0 Å². The van der Waals surface area contributed by atoms with Crippen LogP contribution in [0.15, 0.2) is 24.5 Å². The molecule has 1 saturated heterocycles. The summed E-state index contributed by atoms with van der Waals surface area (Å²) in [7, 11) is 0. The number of rotatable bonds is 2. The molecule has 0 radical (unpaired) electrons. The number of alkyl halides is 3. The van der Waals surface area contributed by atoms with Gasteiger partial charge in [0.05, 0.1) is 11.9 Å². The van der Waals surface area contributed by atoms with Gasteiger partial charge in [0.1, 0.15) is 6.54 Å². The number of nitrogens with zero attached hydrogens (tertiary/aromatic N) is 3. The van der Waals surface area contributed by atoms with Gasteiger partial charge in [-0.15, -0.1) is 0 Å². The lowest BCUT2D eigenvalue weighted by Crippen LogP contribution is -2.52. The number of hydrogen-bond acceptors (Lipinski definition) is 4. The first-order valence-electron chi connectivity index (χ1n) is 6.06. The van der Waals surface area contributed by atoms with Gasteiger partial charge in [-0.2, -0.15) is 13.2 Å². The Kier molecular flexibility index (Phi) is 4.29. The number of pyridine rings is 1. The van der Waals surface area contributed by atoms with Crippen molar-refractivity contribution in [2.45, 2.75) is 6.18 Å². The third kappa shape index (κ3) is 4.07. The number of anilines is 1. The van der Waals surface area contributed by atoms with E-state index in [0.29, 0.717) is 5.69 Å². The van der Waals surface area contributed by atoms with E-state index in [-0.39, 0.29) is 19.6 Å². The molecule has 2 rings (SSSR count). The van der Waals surface area contributed by atoms with E-state index < -0.39 is 24.8 Å². The molecule has 0 bridgehead atoms. The highest BCUT2D eigenvalue weighted by Gasteiger charge is 2.33. The van der Waals surface area contributed by atoms with Crippen molar-refractivity contribution in [3.63, 3.8) is 0 Å². The average molecular weight is 303 g/mol. The van der Waals surface area contributed by atoms with Gasteiger partial charge < -0.3 is 9.64 Å². The molecule has 0 aromatic carbocycles. The number of carbonyl (C=O) groups excluding carboxylic acids is 2. The molecule has 114 valence electrons. The van der Waals surface area contributed by atoms with E-state index in [4.69, 9.17) is 0 Å². The summed E-state index contributed by atoms with van der Waals surface area (Å²) in [5, 5.41) is 0. The van der Waals surface area contributed by atoms with Crippen LogP contribution in [0.2, 0.25) is 0 Å². The largest absolute Gasteiger partial charge is 0.440 e. The molecule has 0 unspecified atom stereocenters. The van der Waals surface area contributed by atoms with Crippen LogP contribution in [0.3, 0.4) is 0 Å². The summed E-state index contributed by atoms with van der Waals surface area (Å²) in [4.78, 5) is 29.6. The molecule has 0 aliphatic carbocycles. The van der Waals surface area contributed by atoms with Crippen LogP contribution in [0.4, 0.5) is 23.7 Å². The van der Waals surface area contributed by atoms with E-state index in [1.54, 1.807) is 18.3 Å². The van der Waals surface area contributed by atoms with Gasteiger partial charge in [0.25, 0.3) is 0 Å². The predicted octanol–water partition coefficient (Wildman–Crippen LogP) is 1.43. The summed E-state index contributed by atoms with van der Waals surface area (Å²) in [5.74, 6) is -0.404. The number of halogens is 3. The molecule has 9 heteroatoms. The highest BCUT2D eigenvalue weighted by molar-refractivity contribution is 5.97. The minimum atomic E-state index is -4.59. The van der Waals surface area contributed by atoms with Crippen molar-refractivity contribution >= 4 is 17.7 Å². The lowest BCUT2D eigenvalue weighted by atomic mass is 10.3. The van der Waals surface area contributed by atoms with E-state index in [1.807, 2.05) is 0 Å².